The maximum Gasteiger partial charge on any atom is 0.268 e. The molecule has 0 spiro atoms. The number of aromatic nitrogens is 2. The number of carbonyl (C=O) groups is 1. The van der Waals surface area contributed by atoms with Crippen LogP contribution in [0.3, 0.4) is 0 Å². The lowest BCUT2D eigenvalue weighted by Gasteiger charge is -2.31. The van der Waals surface area contributed by atoms with E-state index in [0.29, 0.717) is 13.0 Å². The SMILES string of the molecule is CC(=O)CCCCn1ncc(N2CCC(C)CC2)cc1=O. The molecule has 5 nitrogen and oxygen atoms in total. The van der Waals surface area contributed by atoms with Gasteiger partial charge in [-0.2, -0.15) is 5.10 Å². The van der Waals surface area contributed by atoms with E-state index >= 15 is 0 Å². The van der Waals surface area contributed by atoms with Crippen LogP contribution >= 0.6 is 0 Å². The van der Waals surface area contributed by atoms with Gasteiger partial charge in [-0.1, -0.05) is 6.92 Å². The molecule has 1 aliphatic rings. The number of carbonyl (C=O) groups excluding carboxylic acids is 1. The summed E-state index contributed by atoms with van der Waals surface area (Å²) in [5.41, 5.74) is 0.890. The zero-order chi connectivity index (χ0) is 15.2. The first-order valence-corrected chi connectivity index (χ1v) is 7.88. The number of anilines is 1. The first kappa shape index (κ1) is 15.7. The van der Waals surface area contributed by atoms with Crippen molar-refractivity contribution in [2.24, 2.45) is 5.92 Å². The van der Waals surface area contributed by atoms with E-state index in [1.165, 1.54) is 17.5 Å². The molecule has 0 N–H and O–H groups in total. The minimum atomic E-state index is -0.0473. The fraction of sp³-hybridized carbons (Fsp3) is 0.688. The number of rotatable bonds is 6. The van der Waals surface area contributed by atoms with Gasteiger partial charge in [0.2, 0.25) is 0 Å². The van der Waals surface area contributed by atoms with Crippen molar-refractivity contribution in [3.63, 3.8) is 0 Å². The highest BCUT2D eigenvalue weighted by Gasteiger charge is 2.16. The molecule has 0 radical (unpaired) electrons. The van der Waals surface area contributed by atoms with Crippen LogP contribution in [0.1, 0.15) is 46.0 Å². The Bertz CT molecular complexity index is 531. The van der Waals surface area contributed by atoms with Crippen molar-refractivity contribution in [1.82, 2.24) is 9.78 Å². The largest absolute Gasteiger partial charge is 0.370 e. The molecule has 0 aromatic carbocycles. The summed E-state index contributed by atoms with van der Waals surface area (Å²) in [7, 11) is 0. The van der Waals surface area contributed by atoms with Crippen LogP contribution in [-0.4, -0.2) is 28.7 Å². The summed E-state index contributed by atoms with van der Waals surface area (Å²) < 4.78 is 1.50. The standard InChI is InChI=1S/C16H25N3O2/c1-13-6-9-18(10-7-13)15-11-16(21)19(17-12-15)8-4-3-5-14(2)20/h11-13H,3-10H2,1-2H3. The van der Waals surface area contributed by atoms with Crippen molar-refractivity contribution >= 4 is 11.5 Å². The normalized spacial score (nSPS) is 16.2. The maximum atomic E-state index is 12.1. The second kappa shape index (κ2) is 7.38. The molecule has 1 aliphatic heterocycles. The topological polar surface area (TPSA) is 55.2 Å². The summed E-state index contributed by atoms with van der Waals surface area (Å²) in [6, 6.07) is 1.69. The Labute approximate surface area is 126 Å². The van der Waals surface area contributed by atoms with Crippen LogP contribution in [0.4, 0.5) is 5.69 Å². The summed E-state index contributed by atoms with van der Waals surface area (Å²) in [5.74, 6) is 0.973. The molecule has 0 saturated carbocycles. The monoisotopic (exact) mass is 291 g/mol. The summed E-state index contributed by atoms with van der Waals surface area (Å²) in [6.45, 7) is 6.46. The van der Waals surface area contributed by atoms with Gasteiger partial charge < -0.3 is 9.69 Å². The van der Waals surface area contributed by atoms with Crippen LogP contribution in [0.5, 0.6) is 0 Å². The smallest absolute Gasteiger partial charge is 0.268 e. The van der Waals surface area contributed by atoms with Gasteiger partial charge in [-0.25, -0.2) is 4.68 Å². The molecule has 0 bridgehead atoms. The van der Waals surface area contributed by atoms with Crippen LogP contribution < -0.4 is 10.5 Å². The third-order valence-corrected chi connectivity index (χ3v) is 4.15. The van der Waals surface area contributed by atoms with Crippen molar-refractivity contribution in [1.29, 1.82) is 0 Å². The lowest BCUT2D eigenvalue weighted by atomic mass is 9.99. The third kappa shape index (κ3) is 4.69. The number of ketones is 1. The summed E-state index contributed by atoms with van der Waals surface area (Å²) in [5, 5.41) is 4.27. The van der Waals surface area contributed by atoms with E-state index in [1.54, 1.807) is 19.2 Å². The van der Waals surface area contributed by atoms with Crippen molar-refractivity contribution < 1.29 is 4.79 Å². The summed E-state index contributed by atoms with van der Waals surface area (Å²) in [4.78, 5) is 25.2. The van der Waals surface area contributed by atoms with E-state index in [-0.39, 0.29) is 11.3 Å². The molecule has 1 saturated heterocycles. The molecule has 0 atom stereocenters. The number of unbranched alkanes of at least 4 members (excludes halogenated alkanes) is 1. The fourth-order valence-corrected chi connectivity index (χ4v) is 2.67. The second-order valence-corrected chi connectivity index (χ2v) is 6.10. The molecule has 2 heterocycles. The number of hydrogen-bond donors (Lipinski definition) is 0. The average molecular weight is 291 g/mol. The van der Waals surface area contributed by atoms with Gasteiger partial charge in [-0.3, -0.25) is 4.79 Å². The Balaban J connectivity index is 1.91. The first-order valence-electron chi connectivity index (χ1n) is 7.88. The fourth-order valence-electron chi connectivity index (χ4n) is 2.67. The van der Waals surface area contributed by atoms with E-state index in [9.17, 15) is 9.59 Å². The van der Waals surface area contributed by atoms with Crippen molar-refractivity contribution in [2.45, 2.75) is 52.5 Å². The first-order chi connectivity index (χ1) is 10.1. The molecule has 5 heteroatoms. The predicted molar refractivity (Wildman–Crippen MR) is 83.6 cm³/mol. The van der Waals surface area contributed by atoms with E-state index in [0.717, 1.165) is 37.5 Å². The van der Waals surface area contributed by atoms with Gasteiger partial charge in [0.05, 0.1) is 11.9 Å². The Morgan fingerprint density at radius 2 is 2.05 bits per heavy atom. The van der Waals surface area contributed by atoms with Gasteiger partial charge in [-0.15, -0.1) is 0 Å². The lowest BCUT2D eigenvalue weighted by Crippen LogP contribution is -2.34. The molecule has 0 amide bonds. The van der Waals surface area contributed by atoms with Gasteiger partial charge in [0.1, 0.15) is 5.78 Å². The Hall–Kier alpha value is -1.65. The summed E-state index contributed by atoms with van der Waals surface area (Å²) in [6.07, 6.45) is 6.35. The Morgan fingerprint density at radius 3 is 2.67 bits per heavy atom. The Kier molecular flexibility index (Phi) is 5.53. The van der Waals surface area contributed by atoms with Crippen molar-refractivity contribution in [2.75, 3.05) is 18.0 Å². The highest BCUT2D eigenvalue weighted by Crippen LogP contribution is 2.20. The number of aryl methyl sites for hydroxylation is 1. The molecule has 1 aromatic rings. The quantitative estimate of drug-likeness (QED) is 0.754. The summed E-state index contributed by atoms with van der Waals surface area (Å²) >= 11 is 0. The van der Waals surface area contributed by atoms with Gasteiger partial charge in [-0.05, 0) is 38.5 Å². The third-order valence-electron chi connectivity index (χ3n) is 4.15. The second-order valence-electron chi connectivity index (χ2n) is 6.10. The molecule has 0 aliphatic carbocycles. The minimum absolute atomic E-state index is 0.0473. The zero-order valence-corrected chi connectivity index (χ0v) is 13.0. The van der Waals surface area contributed by atoms with Gasteiger partial charge >= 0.3 is 0 Å². The molecule has 116 valence electrons. The van der Waals surface area contributed by atoms with Crippen molar-refractivity contribution in [3.05, 3.63) is 22.6 Å². The van der Waals surface area contributed by atoms with Gasteiger partial charge in [0.15, 0.2) is 0 Å². The highest BCUT2D eigenvalue weighted by molar-refractivity contribution is 5.75. The predicted octanol–water partition coefficient (Wildman–Crippen LogP) is 2.24. The number of hydrogen-bond acceptors (Lipinski definition) is 4. The van der Waals surface area contributed by atoms with E-state index in [1.807, 2.05) is 0 Å². The van der Waals surface area contributed by atoms with E-state index in [4.69, 9.17) is 0 Å². The molecule has 1 aromatic heterocycles. The molecule has 2 rings (SSSR count). The zero-order valence-electron chi connectivity index (χ0n) is 13.0. The van der Waals surface area contributed by atoms with Crippen LogP contribution in [0.25, 0.3) is 0 Å². The number of piperidine rings is 1. The van der Waals surface area contributed by atoms with E-state index in [2.05, 4.69) is 16.9 Å². The Morgan fingerprint density at radius 1 is 1.33 bits per heavy atom. The number of Topliss-reactive ketones (excluding diaryl/α,β-unsaturated/α-hetero) is 1. The van der Waals surface area contributed by atoms with Crippen LogP contribution in [0, 0.1) is 5.92 Å². The molecular formula is C16H25N3O2. The molecule has 1 fully saturated rings. The lowest BCUT2D eigenvalue weighted by molar-refractivity contribution is -0.117. The molecule has 21 heavy (non-hydrogen) atoms. The highest BCUT2D eigenvalue weighted by atomic mass is 16.1. The number of nitrogens with zero attached hydrogens (tertiary/aromatic N) is 3. The van der Waals surface area contributed by atoms with Gasteiger partial charge in [0.25, 0.3) is 5.56 Å². The average Bonchev–Trinajstić information content (AvgIpc) is 2.45. The van der Waals surface area contributed by atoms with E-state index < -0.39 is 0 Å². The van der Waals surface area contributed by atoms with Crippen LogP contribution in [0.15, 0.2) is 17.1 Å². The maximum absolute atomic E-state index is 12.1. The minimum Gasteiger partial charge on any atom is -0.370 e. The molecule has 0 unspecified atom stereocenters. The van der Waals surface area contributed by atoms with Crippen LogP contribution in [-0.2, 0) is 11.3 Å². The van der Waals surface area contributed by atoms with Crippen molar-refractivity contribution in [3.8, 4) is 0 Å². The van der Waals surface area contributed by atoms with Crippen LogP contribution in [0.2, 0.25) is 0 Å². The van der Waals surface area contributed by atoms with Gasteiger partial charge in [0, 0.05) is 32.1 Å². The molecular weight excluding hydrogens is 266 g/mol.